The Hall–Kier alpha value is -3.85. The van der Waals surface area contributed by atoms with Crippen LogP contribution in [0, 0.1) is 5.82 Å². The minimum atomic E-state index is -0.470. The number of aromatic nitrogens is 4. The van der Waals surface area contributed by atoms with E-state index in [0.29, 0.717) is 33.8 Å². The molecule has 32 heavy (non-hydrogen) atoms. The molecule has 0 unspecified atom stereocenters. The Morgan fingerprint density at radius 1 is 1.09 bits per heavy atom. The van der Waals surface area contributed by atoms with E-state index in [4.69, 9.17) is 11.6 Å². The molecule has 0 saturated heterocycles. The highest BCUT2D eigenvalue weighted by molar-refractivity contribution is 6.31. The first-order chi connectivity index (χ1) is 15.3. The van der Waals surface area contributed by atoms with Crippen molar-refractivity contribution in [1.82, 2.24) is 20.0 Å². The molecule has 2 amide bonds. The molecule has 0 aliphatic rings. The second-order valence-corrected chi connectivity index (χ2v) is 7.49. The summed E-state index contributed by atoms with van der Waals surface area (Å²) in [5.74, 6) is -0.742. The van der Waals surface area contributed by atoms with Crippen LogP contribution in [-0.4, -0.2) is 31.8 Å². The number of carbonyl (C=O) groups is 2. The molecule has 0 aliphatic heterocycles. The lowest BCUT2D eigenvalue weighted by molar-refractivity contribution is -0.116. The van der Waals surface area contributed by atoms with Crippen LogP contribution < -0.4 is 10.2 Å². The third-order valence-corrected chi connectivity index (χ3v) is 5.01. The van der Waals surface area contributed by atoms with Crippen molar-refractivity contribution in [2.45, 2.75) is 13.3 Å². The summed E-state index contributed by atoms with van der Waals surface area (Å²) >= 11 is 6.00. The summed E-state index contributed by atoms with van der Waals surface area (Å²) in [6.07, 6.45) is 1.46. The highest BCUT2D eigenvalue weighted by atomic mass is 35.5. The summed E-state index contributed by atoms with van der Waals surface area (Å²) in [5.41, 5.74) is 2.86. The van der Waals surface area contributed by atoms with Crippen LogP contribution in [0.25, 0.3) is 11.0 Å². The fourth-order valence-corrected chi connectivity index (χ4v) is 3.52. The Morgan fingerprint density at radius 2 is 1.88 bits per heavy atom. The number of aryl methyl sites for hydroxylation is 1. The molecule has 0 saturated carbocycles. The van der Waals surface area contributed by atoms with Gasteiger partial charge in [0.2, 0.25) is 11.8 Å². The van der Waals surface area contributed by atoms with E-state index in [2.05, 4.69) is 20.5 Å². The molecule has 0 bridgehead atoms. The smallest absolute Gasteiger partial charge is 0.229 e. The van der Waals surface area contributed by atoms with Crippen molar-refractivity contribution in [2.24, 2.45) is 7.05 Å². The molecule has 0 spiro atoms. The van der Waals surface area contributed by atoms with E-state index in [1.54, 1.807) is 37.4 Å². The quantitative estimate of drug-likeness (QED) is 0.493. The molecule has 0 aliphatic carbocycles. The number of amides is 2. The van der Waals surface area contributed by atoms with Gasteiger partial charge in [0.15, 0.2) is 0 Å². The van der Waals surface area contributed by atoms with Crippen LogP contribution in [0.2, 0.25) is 5.02 Å². The average Bonchev–Trinajstić information content (AvgIpc) is 3.09. The van der Waals surface area contributed by atoms with Gasteiger partial charge >= 0.3 is 0 Å². The van der Waals surface area contributed by atoms with E-state index in [9.17, 15) is 14.0 Å². The first-order valence-corrected chi connectivity index (χ1v) is 9.99. The predicted octanol–water partition coefficient (Wildman–Crippen LogP) is 4.02. The van der Waals surface area contributed by atoms with Gasteiger partial charge in [0, 0.05) is 36.9 Å². The second-order valence-electron chi connectivity index (χ2n) is 7.08. The van der Waals surface area contributed by atoms with Gasteiger partial charge in [-0.1, -0.05) is 17.7 Å². The molecule has 10 heteroatoms. The van der Waals surface area contributed by atoms with Crippen LogP contribution in [0.4, 0.5) is 21.6 Å². The average molecular weight is 453 g/mol. The summed E-state index contributed by atoms with van der Waals surface area (Å²) in [5, 5.41) is 11.4. The summed E-state index contributed by atoms with van der Waals surface area (Å²) in [7, 11) is 1.72. The Balaban J connectivity index is 1.58. The summed E-state index contributed by atoms with van der Waals surface area (Å²) in [6.45, 7) is 1.42. The number of pyridine rings is 1. The van der Waals surface area contributed by atoms with Crippen molar-refractivity contribution < 1.29 is 14.0 Å². The number of nitrogens with one attached hydrogen (secondary N) is 1. The lowest BCUT2D eigenvalue weighted by Gasteiger charge is -2.20. The fourth-order valence-electron chi connectivity index (χ4n) is 3.29. The van der Waals surface area contributed by atoms with Crippen molar-refractivity contribution in [2.75, 3.05) is 10.2 Å². The Bertz CT molecular complexity index is 1340. The van der Waals surface area contributed by atoms with Crippen molar-refractivity contribution >= 4 is 51.6 Å². The van der Waals surface area contributed by atoms with Gasteiger partial charge in [0.1, 0.15) is 22.7 Å². The van der Waals surface area contributed by atoms with E-state index in [0.717, 1.165) is 6.07 Å². The zero-order chi connectivity index (χ0) is 22.8. The molecule has 0 fully saturated rings. The normalized spacial score (nSPS) is 10.9. The maximum atomic E-state index is 13.2. The summed E-state index contributed by atoms with van der Waals surface area (Å²) in [4.78, 5) is 32.1. The molecule has 1 N–H and O–H groups in total. The van der Waals surface area contributed by atoms with Gasteiger partial charge < -0.3 is 5.32 Å². The van der Waals surface area contributed by atoms with Crippen LogP contribution in [0.3, 0.4) is 0 Å². The number of hydrogen-bond donors (Lipinski definition) is 1. The number of anilines is 3. The van der Waals surface area contributed by atoms with Gasteiger partial charge in [-0.3, -0.25) is 14.5 Å². The molecule has 2 heterocycles. The van der Waals surface area contributed by atoms with Crippen molar-refractivity contribution in [3.8, 4) is 0 Å². The Morgan fingerprint density at radius 3 is 2.62 bits per heavy atom. The summed E-state index contributed by atoms with van der Waals surface area (Å²) < 4.78 is 13.2. The number of nitrogens with zero attached hydrogens (tertiary/aromatic N) is 5. The zero-order valence-electron chi connectivity index (χ0n) is 17.2. The number of carbonyl (C=O) groups excluding carboxylic acids is 2. The monoisotopic (exact) mass is 452 g/mol. The first-order valence-electron chi connectivity index (χ1n) is 9.62. The van der Waals surface area contributed by atoms with Gasteiger partial charge in [-0.05, 0) is 42.0 Å². The van der Waals surface area contributed by atoms with E-state index in [1.165, 1.54) is 34.9 Å². The zero-order valence-corrected chi connectivity index (χ0v) is 18.0. The number of rotatable bonds is 5. The lowest BCUT2D eigenvalue weighted by atomic mass is 10.1. The van der Waals surface area contributed by atoms with E-state index < -0.39 is 5.82 Å². The number of halogens is 2. The second kappa shape index (κ2) is 8.72. The largest absolute Gasteiger partial charge is 0.326 e. The van der Waals surface area contributed by atoms with Gasteiger partial charge in [0.05, 0.1) is 12.1 Å². The van der Waals surface area contributed by atoms with E-state index in [1.807, 2.05) is 0 Å². The highest BCUT2D eigenvalue weighted by Gasteiger charge is 2.18. The third-order valence-electron chi connectivity index (χ3n) is 4.66. The topological polar surface area (TPSA) is 93.0 Å². The van der Waals surface area contributed by atoms with Crippen LogP contribution in [0.1, 0.15) is 12.5 Å². The maximum Gasteiger partial charge on any atom is 0.229 e. The predicted molar refractivity (Wildman–Crippen MR) is 119 cm³/mol. The van der Waals surface area contributed by atoms with E-state index >= 15 is 0 Å². The molecule has 0 radical (unpaired) electrons. The first kappa shape index (κ1) is 21.4. The van der Waals surface area contributed by atoms with Crippen LogP contribution in [-0.2, 0) is 23.1 Å². The minimum Gasteiger partial charge on any atom is -0.326 e. The van der Waals surface area contributed by atoms with Gasteiger partial charge in [-0.15, -0.1) is 0 Å². The van der Waals surface area contributed by atoms with Crippen molar-refractivity contribution in [3.05, 3.63) is 71.1 Å². The van der Waals surface area contributed by atoms with Gasteiger partial charge in [-0.2, -0.15) is 15.0 Å². The standard InChI is InChI=1S/C22H18ClFN6O2/c1-13(31)30(17-5-6-19-20(12-17)28-29(2)27-19)21-11-16(7-8-25-21)26-22(32)9-14-3-4-15(24)10-18(14)23/h3-8,10-12H,9H2,1-2H3,(H,25,26,32). The minimum absolute atomic E-state index is 0.0312. The molecule has 2 aromatic carbocycles. The fraction of sp³-hybridized carbons (Fsp3) is 0.136. The van der Waals surface area contributed by atoms with Crippen molar-refractivity contribution in [3.63, 3.8) is 0 Å². The Kier molecular flexibility index (Phi) is 5.83. The molecular formula is C22H18ClFN6O2. The molecular weight excluding hydrogens is 435 g/mol. The molecule has 162 valence electrons. The molecule has 4 rings (SSSR count). The van der Waals surface area contributed by atoms with Gasteiger partial charge in [-0.25, -0.2) is 9.37 Å². The van der Waals surface area contributed by atoms with Crippen LogP contribution >= 0.6 is 11.6 Å². The van der Waals surface area contributed by atoms with Crippen molar-refractivity contribution in [1.29, 1.82) is 0 Å². The van der Waals surface area contributed by atoms with Gasteiger partial charge in [0.25, 0.3) is 0 Å². The number of fused-ring (bicyclic) bond motifs is 1. The van der Waals surface area contributed by atoms with Crippen LogP contribution in [0.5, 0.6) is 0 Å². The van der Waals surface area contributed by atoms with E-state index in [-0.39, 0.29) is 23.3 Å². The summed E-state index contributed by atoms with van der Waals surface area (Å²) in [6, 6.07) is 12.3. The molecule has 2 aromatic heterocycles. The molecule has 4 aromatic rings. The third kappa shape index (κ3) is 4.57. The Labute approximate surface area is 187 Å². The number of benzene rings is 2. The number of hydrogen-bond acceptors (Lipinski definition) is 5. The highest BCUT2D eigenvalue weighted by Crippen LogP contribution is 2.28. The maximum absolute atomic E-state index is 13.2. The van der Waals surface area contributed by atoms with Crippen LogP contribution in [0.15, 0.2) is 54.7 Å². The molecule has 8 nitrogen and oxygen atoms in total. The lowest BCUT2D eigenvalue weighted by Crippen LogP contribution is -2.24. The SMILES string of the molecule is CC(=O)N(c1ccc2nn(C)nc2c1)c1cc(NC(=O)Cc2ccc(F)cc2Cl)ccn1. The molecule has 0 atom stereocenters.